The minimum absolute atomic E-state index is 0.629. The number of thiophene rings is 1. The van der Waals surface area contributed by atoms with E-state index >= 15 is 0 Å². The van der Waals surface area contributed by atoms with Crippen molar-refractivity contribution in [2.45, 2.75) is 6.54 Å². The third kappa shape index (κ3) is 3.33. The van der Waals surface area contributed by atoms with E-state index in [2.05, 4.69) is 27.3 Å². The summed E-state index contributed by atoms with van der Waals surface area (Å²) in [5, 5.41) is 3.30. The molecule has 0 aliphatic rings. The molecule has 0 aliphatic carbocycles. The summed E-state index contributed by atoms with van der Waals surface area (Å²) in [5.41, 5.74) is 7.45. The van der Waals surface area contributed by atoms with Crippen LogP contribution in [-0.2, 0) is 6.54 Å². The van der Waals surface area contributed by atoms with Crippen molar-refractivity contribution in [2.24, 2.45) is 0 Å². The zero-order valence-electron chi connectivity index (χ0n) is 10.7. The molecule has 1 aromatic carbocycles. The molecule has 6 heteroatoms. The van der Waals surface area contributed by atoms with Crippen molar-refractivity contribution in [2.75, 3.05) is 25.3 Å². The molecule has 0 unspecified atom stereocenters. The SMILES string of the molecule is COc1cc(N)c(NCc2ccc(Br)s2)cc1OC. The molecule has 0 amide bonds. The molecule has 1 aromatic heterocycles. The maximum absolute atomic E-state index is 5.99. The fourth-order valence-corrected chi connectivity index (χ4v) is 3.10. The number of benzene rings is 1. The van der Waals surface area contributed by atoms with Crippen molar-refractivity contribution in [3.63, 3.8) is 0 Å². The van der Waals surface area contributed by atoms with Gasteiger partial charge in [-0.05, 0) is 28.1 Å². The predicted molar refractivity (Wildman–Crippen MR) is 83.3 cm³/mol. The molecule has 0 spiro atoms. The van der Waals surface area contributed by atoms with Crippen LogP contribution in [0.4, 0.5) is 11.4 Å². The fourth-order valence-electron chi connectivity index (χ4n) is 1.68. The Morgan fingerprint density at radius 1 is 1.21 bits per heavy atom. The van der Waals surface area contributed by atoms with Crippen molar-refractivity contribution in [1.29, 1.82) is 0 Å². The summed E-state index contributed by atoms with van der Waals surface area (Å²) in [6.07, 6.45) is 0. The highest BCUT2D eigenvalue weighted by molar-refractivity contribution is 9.11. The lowest BCUT2D eigenvalue weighted by atomic mass is 10.2. The number of hydrogen-bond acceptors (Lipinski definition) is 5. The van der Waals surface area contributed by atoms with Crippen LogP contribution < -0.4 is 20.5 Å². The number of anilines is 2. The number of hydrogen-bond donors (Lipinski definition) is 2. The third-order valence-electron chi connectivity index (χ3n) is 2.64. The average molecular weight is 343 g/mol. The van der Waals surface area contributed by atoms with Gasteiger partial charge in [-0.25, -0.2) is 0 Å². The quantitative estimate of drug-likeness (QED) is 0.813. The zero-order valence-corrected chi connectivity index (χ0v) is 13.1. The van der Waals surface area contributed by atoms with E-state index in [0.29, 0.717) is 17.2 Å². The van der Waals surface area contributed by atoms with E-state index < -0.39 is 0 Å². The number of ether oxygens (including phenoxy) is 2. The standard InChI is InChI=1S/C13H15BrN2O2S/c1-17-11-5-9(15)10(6-12(11)18-2)16-7-8-3-4-13(14)19-8/h3-6,16H,7,15H2,1-2H3. The molecule has 19 heavy (non-hydrogen) atoms. The Morgan fingerprint density at radius 3 is 2.47 bits per heavy atom. The first kappa shape index (κ1) is 14.0. The summed E-state index contributed by atoms with van der Waals surface area (Å²) in [6, 6.07) is 7.70. The molecule has 0 bridgehead atoms. The highest BCUT2D eigenvalue weighted by atomic mass is 79.9. The van der Waals surface area contributed by atoms with Crippen LogP contribution in [0, 0.1) is 0 Å². The number of methoxy groups -OCH3 is 2. The zero-order chi connectivity index (χ0) is 13.8. The Hall–Kier alpha value is -1.40. The van der Waals surface area contributed by atoms with E-state index in [-0.39, 0.29) is 0 Å². The first-order valence-electron chi connectivity index (χ1n) is 5.63. The van der Waals surface area contributed by atoms with Gasteiger partial charge >= 0.3 is 0 Å². The molecule has 3 N–H and O–H groups in total. The molecule has 0 aliphatic heterocycles. The molecule has 4 nitrogen and oxygen atoms in total. The first-order chi connectivity index (χ1) is 9.13. The highest BCUT2D eigenvalue weighted by Crippen LogP contribution is 2.35. The second-order valence-corrected chi connectivity index (χ2v) is 6.40. The lowest BCUT2D eigenvalue weighted by molar-refractivity contribution is 0.355. The summed E-state index contributed by atoms with van der Waals surface area (Å²) in [6.45, 7) is 0.718. The van der Waals surface area contributed by atoms with Gasteiger partial charge in [-0.3, -0.25) is 0 Å². The molecule has 2 aromatic rings. The minimum atomic E-state index is 0.629. The summed E-state index contributed by atoms with van der Waals surface area (Å²) >= 11 is 5.13. The van der Waals surface area contributed by atoms with Crippen molar-refractivity contribution >= 4 is 38.6 Å². The van der Waals surface area contributed by atoms with E-state index in [1.807, 2.05) is 12.1 Å². The minimum Gasteiger partial charge on any atom is -0.493 e. The van der Waals surface area contributed by atoms with Crippen molar-refractivity contribution in [3.05, 3.63) is 32.9 Å². The smallest absolute Gasteiger partial charge is 0.162 e. The largest absolute Gasteiger partial charge is 0.493 e. The van der Waals surface area contributed by atoms with Crippen LogP contribution in [0.3, 0.4) is 0 Å². The summed E-state index contributed by atoms with van der Waals surface area (Å²) in [7, 11) is 3.20. The van der Waals surface area contributed by atoms with Crippen LogP contribution in [0.1, 0.15) is 4.88 Å². The molecule has 0 saturated heterocycles. The number of nitrogen functional groups attached to an aromatic ring is 1. The van der Waals surface area contributed by atoms with E-state index in [4.69, 9.17) is 15.2 Å². The van der Waals surface area contributed by atoms with Crippen LogP contribution >= 0.6 is 27.3 Å². The molecule has 2 rings (SSSR count). The molecule has 102 valence electrons. The van der Waals surface area contributed by atoms with Gasteiger partial charge in [0, 0.05) is 23.6 Å². The lowest BCUT2D eigenvalue weighted by Crippen LogP contribution is -2.02. The van der Waals surface area contributed by atoms with Crippen molar-refractivity contribution < 1.29 is 9.47 Å². The second-order valence-electron chi connectivity index (χ2n) is 3.85. The van der Waals surface area contributed by atoms with Gasteiger partial charge in [0.05, 0.1) is 29.4 Å². The van der Waals surface area contributed by atoms with Gasteiger partial charge in [-0.1, -0.05) is 0 Å². The maximum atomic E-state index is 5.99. The molecular formula is C13H15BrN2O2S. The summed E-state index contributed by atoms with van der Waals surface area (Å²) in [5.74, 6) is 1.29. The summed E-state index contributed by atoms with van der Waals surface area (Å²) in [4.78, 5) is 1.22. The van der Waals surface area contributed by atoms with E-state index in [1.165, 1.54) is 4.88 Å². The van der Waals surface area contributed by atoms with E-state index in [1.54, 1.807) is 31.6 Å². The van der Waals surface area contributed by atoms with Crippen molar-refractivity contribution in [1.82, 2.24) is 0 Å². The fraction of sp³-hybridized carbons (Fsp3) is 0.231. The van der Waals surface area contributed by atoms with Gasteiger partial charge in [0.1, 0.15) is 0 Å². The van der Waals surface area contributed by atoms with Crippen LogP contribution in [0.5, 0.6) is 11.5 Å². The number of rotatable bonds is 5. The van der Waals surface area contributed by atoms with Gasteiger partial charge in [0.15, 0.2) is 11.5 Å². The Labute approximate surface area is 124 Å². The normalized spacial score (nSPS) is 10.3. The Morgan fingerprint density at radius 2 is 1.89 bits per heavy atom. The highest BCUT2D eigenvalue weighted by Gasteiger charge is 2.09. The first-order valence-corrected chi connectivity index (χ1v) is 7.24. The molecule has 0 saturated carbocycles. The van der Waals surface area contributed by atoms with Gasteiger partial charge < -0.3 is 20.5 Å². The molecule has 0 atom stereocenters. The van der Waals surface area contributed by atoms with Gasteiger partial charge in [0.2, 0.25) is 0 Å². The number of halogens is 1. The second kappa shape index (κ2) is 6.16. The molecule has 0 fully saturated rings. The third-order valence-corrected chi connectivity index (χ3v) is 4.26. The van der Waals surface area contributed by atoms with Crippen molar-refractivity contribution in [3.8, 4) is 11.5 Å². The van der Waals surface area contributed by atoms with E-state index in [9.17, 15) is 0 Å². The monoisotopic (exact) mass is 342 g/mol. The van der Waals surface area contributed by atoms with Crippen LogP contribution in [0.15, 0.2) is 28.1 Å². The van der Waals surface area contributed by atoms with Crippen LogP contribution in [0.2, 0.25) is 0 Å². The summed E-state index contributed by atoms with van der Waals surface area (Å²) < 4.78 is 11.6. The van der Waals surface area contributed by atoms with Gasteiger partial charge in [-0.15, -0.1) is 11.3 Å². The van der Waals surface area contributed by atoms with E-state index in [0.717, 1.165) is 16.0 Å². The molecular weight excluding hydrogens is 328 g/mol. The lowest BCUT2D eigenvalue weighted by Gasteiger charge is -2.13. The Balaban J connectivity index is 2.15. The molecule has 1 heterocycles. The molecule has 0 radical (unpaired) electrons. The van der Waals surface area contributed by atoms with Crippen LogP contribution in [0.25, 0.3) is 0 Å². The Kier molecular flexibility index (Phi) is 4.55. The average Bonchev–Trinajstić information content (AvgIpc) is 2.82. The van der Waals surface area contributed by atoms with Gasteiger partial charge in [0.25, 0.3) is 0 Å². The number of nitrogens with two attached hydrogens (primary N) is 1. The topological polar surface area (TPSA) is 56.5 Å². The maximum Gasteiger partial charge on any atom is 0.162 e. The van der Waals surface area contributed by atoms with Gasteiger partial charge in [-0.2, -0.15) is 0 Å². The van der Waals surface area contributed by atoms with Crippen LogP contribution in [-0.4, -0.2) is 14.2 Å². The predicted octanol–water partition coefficient (Wildman–Crippen LogP) is 3.72. The number of nitrogens with one attached hydrogen (secondary N) is 1. The Bertz CT molecular complexity index is 572.